The quantitative estimate of drug-likeness (QED) is 0.617. The van der Waals surface area contributed by atoms with Crippen molar-refractivity contribution in [2.45, 2.75) is 12.1 Å². The molecule has 6 nitrogen and oxygen atoms in total. The molecule has 2 saturated heterocycles. The van der Waals surface area contributed by atoms with Crippen LogP contribution < -0.4 is 14.7 Å². The summed E-state index contributed by atoms with van der Waals surface area (Å²) in [6.07, 6.45) is -0.860. The van der Waals surface area contributed by atoms with Crippen LogP contribution in [-0.2, 0) is 14.4 Å². The van der Waals surface area contributed by atoms with Crippen molar-refractivity contribution in [1.82, 2.24) is 0 Å². The van der Waals surface area contributed by atoms with Crippen molar-refractivity contribution in [2.75, 3.05) is 17.1 Å². The minimum absolute atomic E-state index is 0.259. The average molecular weight is 406 g/mol. The summed E-state index contributed by atoms with van der Waals surface area (Å²) in [5.74, 6) is -0.646. The lowest BCUT2D eigenvalue weighted by Crippen LogP contribution is -2.37. The lowest BCUT2D eigenvalue weighted by Gasteiger charge is -2.27. The number of rotatable bonds is 4. The monoisotopic (exact) mass is 406 g/mol. The molecule has 0 saturated carbocycles. The number of benzene rings is 2. The Morgan fingerprint density at radius 1 is 0.931 bits per heavy atom. The Labute approximate surface area is 171 Å². The molecule has 2 aliphatic heterocycles. The van der Waals surface area contributed by atoms with Gasteiger partial charge in [-0.05, 0) is 35.7 Å². The van der Waals surface area contributed by atoms with Gasteiger partial charge in [0.15, 0.2) is 6.10 Å². The third-order valence-electron chi connectivity index (χ3n) is 5.27. The largest absolute Gasteiger partial charge is 0.497 e. The van der Waals surface area contributed by atoms with Crippen LogP contribution in [0.4, 0.5) is 11.4 Å². The van der Waals surface area contributed by atoms with Crippen molar-refractivity contribution in [3.05, 3.63) is 77.0 Å². The molecule has 0 aliphatic carbocycles. The van der Waals surface area contributed by atoms with Crippen molar-refractivity contribution in [3.8, 4) is 5.75 Å². The maximum absolute atomic E-state index is 13.4. The van der Waals surface area contributed by atoms with E-state index in [4.69, 9.17) is 9.57 Å². The Morgan fingerprint density at radius 2 is 1.72 bits per heavy atom. The van der Waals surface area contributed by atoms with Crippen molar-refractivity contribution < 1.29 is 19.2 Å². The van der Waals surface area contributed by atoms with Gasteiger partial charge >= 0.3 is 0 Å². The van der Waals surface area contributed by atoms with E-state index < -0.39 is 12.0 Å². The highest BCUT2D eigenvalue weighted by molar-refractivity contribution is 7.10. The number of methoxy groups -OCH3 is 1. The van der Waals surface area contributed by atoms with Crippen LogP contribution in [-0.4, -0.2) is 25.0 Å². The normalized spacial score (nSPS) is 23.6. The molecule has 0 bridgehead atoms. The Kier molecular flexibility index (Phi) is 4.34. The second-order valence-electron chi connectivity index (χ2n) is 6.89. The molecular weight excluding hydrogens is 388 g/mol. The van der Waals surface area contributed by atoms with Crippen LogP contribution in [0, 0.1) is 5.92 Å². The van der Waals surface area contributed by atoms with E-state index in [1.165, 1.54) is 4.90 Å². The summed E-state index contributed by atoms with van der Waals surface area (Å²) in [5.41, 5.74) is 1.31. The van der Waals surface area contributed by atoms with Gasteiger partial charge < -0.3 is 4.74 Å². The van der Waals surface area contributed by atoms with E-state index in [0.717, 1.165) is 10.6 Å². The molecule has 3 heterocycles. The minimum Gasteiger partial charge on any atom is -0.497 e. The molecule has 3 aromatic rings. The highest BCUT2D eigenvalue weighted by Crippen LogP contribution is 2.48. The summed E-state index contributed by atoms with van der Waals surface area (Å²) in [5, 5.41) is 3.67. The number of ether oxygens (including phenoxy) is 1. The Balaban J connectivity index is 1.56. The third kappa shape index (κ3) is 2.82. The first-order valence-electron chi connectivity index (χ1n) is 9.25. The van der Waals surface area contributed by atoms with Crippen LogP contribution >= 0.6 is 11.3 Å². The predicted octanol–water partition coefficient (Wildman–Crippen LogP) is 3.81. The number of hydroxylamine groups is 1. The molecule has 0 spiro atoms. The zero-order valence-corrected chi connectivity index (χ0v) is 16.4. The van der Waals surface area contributed by atoms with Crippen LogP contribution in [0.15, 0.2) is 72.1 Å². The van der Waals surface area contributed by atoms with Gasteiger partial charge in [-0.1, -0.05) is 30.3 Å². The van der Waals surface area contributed by atoms with E-state index in [1.807, 2.05) is 47.8 Å². The summed E-state index contributed by atoms with van der Waals surface area (Å²) in [6, 6.07) is 20.1. The zero-order chi connectivity index (χ0) is 20.0. The van der Waals surface area contributed by atoms with Crippen LogP contribution in [0.3, 0.4) is 0 Å². The highest BCUT2D eigenvalue weighted by atomic mass is 32.1. The topological polar surface area (TPSA) is 59.1 Å². The van der Waals surface area contributed by atoms with Gasteiger partial charge in [0.25, 0.3) is 5.91 Å². The van der Waals surface area contributed by atoms with E-state index >= 15 is 0 Å². The molecule has 3 atom stereocenters. The molecule has 2 aromatic carbocycles. The second-order valence-corrected chi connectivity index (χ2v) is 7.87. The lowest BCUT2D eigenvalue weighted by atomic mass is 9.95. The van der Waals surface area contributed by atoms with Crippen LogP contribution in [0.2, 0.25) is 0 Å². The van der Waals surface area contributed by atoms with E-state index in [2.05, 4.69) is 0 Å². The number of carbonyl (C=O) groups excluding carboxylic acids is 2. The van der Waals surface area contributed by atoms with Gasteiger partial charge in [0, 0.05) is 10.9 Å². The maximum Gasteiger partial charge on any atom is 0.266 e. The molecule has 2 aliphatic rings. The van der Waals surface area contributed by atoms with Gasteiger partial charge in [-0.15, -0.1) is 11.3 Å². The Morgan fingerprint density at radius 3 is 2.45 bits per heavy atom. The van der Waals surface area contributed by atoms with Crippen molar-refractivity contribution >= 4 is 34.5 Å². The van der Waals surface area contributed by atoms with Gasteiger partial charge in [-0.3, -0.25) is 14.4 Å². The van der Waals surface area contributed by atoms with Gasteiger partial charge in [0.2, 0.25) is 5.91 Å². The number of amides is 2. The number of thiophene rings is 1. The standard InChI is InChI=1S/C22H18N2O4S/c1-27-16-10-5-9-15(13-16)23-21(25)18-19(17-11-6-12-29-17)24(28-20(18)22(23)26)14-7-3-2-4-8-14/h2-13,18-20H,1H3/t18-,19-,20-/m1/s1. The summed E-state index contributed by atoms with van der Waals surface area (Å²) >= 11 is 1.55. The van der Waals surface area contributed by atoms with E-state index in [-0.39, 0.29) is 17.9 Å². The molecule has 0 unspecified atom stereocenters. The van der Waals surface area contributed by atoms with E-state index in [0.29, 0.717) is 11.4 Å². The first kappa shape index (κ1) is 17.9. The summed E-state index contributed by atoms with van der Waals surface area (Å²) in [4.78, 5) is 34.9. The van der Waals surface area contributed by atoms with E-state index in [9.17, 15) is 9.59 Å². The SMILES string of the molecule is COc1cccc(N2C(=O)[C@@H]3[C@@H](c4cccs4)N(c4ccccc4)O[C@H]3C2=O)c1. The Bertz CT molecular complexity index is 1050. The van der Waals surface area contributed by atoms with Crippen LogP contribution in [0.5, 0.6) is 5.75 Å². The van der Waals surface area contributed by atoms with Crippen molar-refractivity contribution in [1.29, 1.82) is 0 Å². The summed E-state index contributed by atoms with van der Waals surface area (Å²) < 4.78 is 5.25. The van der Waals surface area contributed by atoms with Crippen molar-refractivity contribution in [3.63, 3.8) is 0 Å². The molecule has 0 radical (unpaired) electrons. The predicted molar refractivity (Wildman–Crippen MR) is 110 cm³/mol. The number of fused-ring (bicyclic) bond motifs is 1. The average Bonchev–Trinajstić information content (AvgIpc) is 3.46. The molecule has 7 heteroatoms. The Hall–Kier alpha value is -3.16. The number of carbonyl (C=O) groups is 2. The molecule has 146 valence electrons. The molecule has 2 fully saturated rings. The lowest BCUT2D eigenvalue weighted by molar-refractivity contribution is -0.126. The van der Waals surface area contributed by atoms with Gasteiger partial charge in [0.05, 0.1) is 18.5 Å². The molecule has 1 aromatic heterocycles. The number of anilines is 2. The van der Waals surface area contributed by atoms with Crippen molar-refractivity contribution in [2.24, 2.45) is 5.92 Å². The molecule has 29 heavy (non-hydrogen) atoms. The number of nitrogens with zero attached hydrogens (tertiary/aromatic N) is 2. The minimum atomic E-state index is -0.860. The van der Waals surface area contributed by atoms with E-state index in [1.54, 1.807) is 47.8 Å². The van der Waals surface area contributed by atoms with Crippen LogP contribution in [0.25, 0.3) is 0 Å². The fraction of sp³-hybridized carbons (Fsp3) is 0.182. The smallest absolute Gasteiger partial charge is 0.266 e. The first-order chi connectivity index (χ1) is 14.2. The van der Waals surface area contributed by atoms with Gasteiger partial charge in [0.1, 0.15) is 17.7 Å². The maximum atomic E-state index is 13.4. The number of hydrogen-bond acceptors (Lipinski definition) is 6. The second kappa shape index (κ2) is 7.02. The molecule has 0 N–H and O–H groups in total. The summed E-state index contributed by atoms with van der Waals surface area (Å²) in [7, 11) is 1.55. The van der Waals surface area contributed by atoms with Gasteiger partial charge in [-0.2, -0.15) is 0 Å². The van der Waals surface area contributed by atoms with Gasteiger partial charge in [-0.25, -0.2) is 9.96 Å². The summed E-state index contributed by atoms with van der Waals surface area (Å²) in [6.45, 7) is 0. The first-order valence-corrected chi connectivity index (χ1v) is 10.1. The number of para-hydroxylation sites is 1. The fourth-order valence-electron chi connectivity index (χ4n) is 3.97. The fourth-order valence-corrected chi connectivity index (χ4v) is 4.82. The number of imide groups is 1. The van der Waals surface area contributed by atoms with Crippen LogP contribution in [0.1, 0.15) is 10.9 Å². The number of hydrogen-bond donors (Lipinski definition) is 0. The molecular formula is C22H18N2O4S. The molecule has 5 rings (SSSR count). The zero-order valence-electron chi connectivity index (χ0n) is 15.6. The highest BCUT2D eigenvalue weighted by Gasteiger charge is 2.60. The third-order valence-corrected chi connectivity index (χ3v) is 6.22. The molecule has 2 amide bonds.